The fourth-order valence-corrected chi connectivity index (χ4v) is 2.42. The number of azo groups is 1. The van der Waals surface area contributed by atoms with Crippen molar-refractivity contribution in [2.24, 2.45) is 16.1 Å². The number of nitrogens with one attached hydrogen (secondary N) is 1. The molecule has 2 atom stereocenters. The maximum atomic E-state index is 13.3. The zero-order chi connectivity index (χ0) is 14.5. The van der Waals surface area contributed by atoms with E-state index in [4.69, 9.17) is 0 Å². The van der Waals surface area contributed by atoms with Gasteiger partial charge in [-0.3, -0.25) is 0 Å². The molecule has 0 aromatic heterocycles. The standard InChI is InChI=1S/C14H20F2N4/c1-17-5-6-20(2)9-11-8-18-19-14(11)10-3-4-12(15)13(16)7-10/h3-4,7,11,14,17H,5-6,8-9H2,1-2H3. The monoisotopic (exact) mass is 282 g/mol. The van der Waals surface area contributed by atoms with Gasteiger partial charge in [-0.15, -0.1) is 0 Å². The third kappa shape index (κ3) is 3.58. The van der Waals surface area contributed by atoms with Gasteiger partial charge in [-0.2, -0.15) is 10.2 Å². The third-order valence-electron chi connectivity index (χ3n) is 3.54. The number of nitrogens with zero attached hydrogens (tertiary/aromatic N) is 3. The molecule has 1 heterocycles. The van der Waals surface area contributed by atoms with E-state index in [1.54, 1.807) is 6.07 Å². The lowest BCUT2D eigenvalue weighted by Gasteiger charge is -2.23. The number of halogens is 2. The van der Waals surface area contributed by atoms with E-state index in [9.17, 15) is 8.78 Å². The Balaban J connectivity index is 2.02. The van der Waals surface area contributed by atoms with Crippen molar-refractivity contribution < 1.29 is 8.78 Å². The van der Waals surface area contributed by atoms with Crippen LogP contribution in [0.2, 0.25) is 0 Å². The minimum atomic E-state index is -0.827. The van der Waals surface area contributed by atoms with Gasteiger partial charge < -0.3 is 10.2 Å². The molecule has 1 N–H and O–H groups in total. The fraction of sp³-hybridized carbons (Fsp3) is 0.571. The second-order valence-electron chi connectivity index (χ2n) is 5.18. The van der Waals surface area contributed by atoms with Gasteiger partial charge in [-0.25, -0.2) is 8.78 Å². The molecule has 0 amide bonds. The van der Waals surface area contributed by atoms with Crippen LogP contribution in [0.4, 0.5) is 8.78 Å². The van der Waals surface area contributed by atoms with Crippen LogP contribution in [0.5, 0.6) is 0 Å². The van der Waals surface area contributed by atoms with Crippen LogP contribution in [0, 0.1) is 17.6 Å². The van der Waals surface area contributed by atoms with Crippen molar-refractivity contribution in [1.29, 1.82) is 0 Å². The summed E-state index contributed by atoms with van der Waals surface area (Å²) < 4.78 is 26.3. The number of hydrogen-bond acceptors (Lipinski definition) is 4. The minimum absolute atomic E-state index is 0.179. The molecule has 2 rings (SSSR count). The largest absolute Gasteiger partial charge is 0.318 e. The molecule has 2 unspecified atom stereocenters. The van der Waals surface area contributed by atoms with E-state index in [-0.39, 0.29) is 12.0 Å². The first-order valence-corrected chi connectivity index (χ1v) is 6.76. The summed E-state index contributed by atoms with van der Waals surface area (Å²) in [7, 11) is 3.95. The average Bonchev–Trinajstić information content (AvgIpc) is 2.87. The molecule has 6 heteroatoms. The smallest absolute Gasteiger partial charge is 0.159 e. The van der Waals surface area contributed by atoms with E-state index in [1.165, 1.54) is 6.07 Å². The first kappa shape index (κ1) is 15.0. The Labute approximate surface area is 117 Å². The second-order valence-corrected chi connectivity index (χ2v) is 5.18. The average molecular weight is 282 g/mol. The van der Waals surface area contributed by atoms with Crippen LogP contribution in [0.3, 0.4) is 0 Å². The van der Waals surface area contributed by atoms with Gasteiger partial charge in [0.1, 0.15) is 6.04 Å². The SMILES string of the molecule is CNCCN(C)CC1CN=NC1c1ccc(F)c(F)c1. The Morgan fingerprint density at radius 3 is 2.85 bits per heavy atom. The highest BCUT2D eigenvalue weighted by molar-refractivity contribution is 5.23. The van der Waals surface area contributed by atoms with Crippen LogP contribution < -0.4 is 5.32 Å². The van der Waals surface area contributed by atoms with E-state index in [1.807, 2.05) is 14.1 Å². The highest BCUT2D eigenvalue weighted by Gasteiger charge is 2.28. The summed E-state index contributed by atoms with van der Waals surface area (Å²) in [5.41, 5.74) is 0.692. The molecular formula is C14H20F2N4. The van der Waals surface area contributed by atoms with E-state index >= 15 is 0 Å². The van der Waals surface area contributed by atoms with Crippen molar-refractivity contribution in [1.82, 2.24) is 10.2 Å². The zero-order valence-electron chi connectivity index (χ0n) is 11.8. The summed E-state index contributed by atoms with van der Waals surface area (Å²) in [4.78, 5) is 2.20. The molecule has 0 bridgehead atoms. The second kappa shape index (κ2) is 6.85. The maximum Gasteiger partial charge on any atom is 0.159 e. The van der Waals surface area contributed by atoms with Gasteiger partial charge in [0.25, 0.3) is 0 Å². The zero-order valence-corrected chi connectivity index (χ0v) is 11.8. The molecule has 1 aromatic rings. The molecule has 0 saturated carbocycles. The van der Waals surface area contributed by atoms with Gasteiger partial charge >= 0.3 is 0 Å². The first-order chi connectivity index (χ1) is 9.61. The maximum absolute atomic E-state index is 13.3. The summed E-state index contributed by atoms with van der Waals surface area (Å²) >= 11 is 0. The van der Waals surface area contributed by atoms with Crippen LogP contribution in [-0.4, -0.2) is 45.2 Å². The lowest BCUT2D eigenvalue weighted by atomic mass is 9.94. The molecule has 20 heavy (non-hydrogen) atoms. The molecule has 0 spiro atoms. The minimum Gasteiger partial charge on any atom is -0.318 e. The van der Waals surface area contributed by atoms with Crippen LogP contribution in [-0.2, 0) is 0 Å². The predicted octanol–water partition coefficient (Wildman–Crippen LogP) is 2.24. The Morgan fingerprint density at radius 1 is 1.35 bits per heavy atom. The fourth-order valence-electron chi connectivity index (χ4n) is 2.42. The predicted molar refractivity (Wildman–Crippen MR) is 73.7 cm³/mol. The van der Waals surface area contributed by atoms with Crippen molar-refractivity contribution in [3.63, 3.8) is 0 Å². The van der Waals surface area contributed by atoms with Gasteiger partial charge in [0.05, 0.1) is 6.54 Å². The number of hydrogen-bond donors (Lipinski definition) is 1. The summed E-state index contributed by atoms with van der Waals surface area (Å²) in [6, 6.07) is 3.79. The highest BCUT2D eigenvalue weighted by atomic mass is 19.2. The molecule has 0 saturated heterocycles. The Hall–Kier alpha value is -1.40. The Morgan fingerprint density at radius 2 is 2.15 bits per heavy atom. The van der Waals surface area contributed by atoms with E-state index in [0.29, 0.717) is 12.1 Å². The summed E-state index contributed by atoms with van der Waals surface area (Å²) in [5, 5.41) is 11.4. The normalized spacial score (nSPS) is 21.9. The van der Waals surface area contributed by atoms with Crippen molar-refractivity contribution >= 4 is 0 Å². The first-order valence-electron chi connectivity index (χ1n) is 6.76. The van der Waals surface area contributed by atoms with Gasteiger partial charge in [-0.05, 0) is 31.8 Å². The van der Waals surface area contributed by atoms with Gasteiger partial charge in [0.2, 0.25) is 0 Å². The number of likely N-dealkylation sites (N-methyl/N-ethyl adjacent to an activating group) is 2. The number of benzene rings is 1. The lowest BCUT2D eigenvalue weighted by molar-refractivity contribution is 0.271. The Bertz CT molecular complexity index is 478. The molecule has 0 radical (unpaired) electrons. The molecule has 1 aliphatic rings. The lowest BCUT2D eigenvalue weighted by Crippen LogP contribution is -2.33. The Kier molecular flexibility index (Phi) is 5.14. The van der Waals surface area contributed by atoms with Crippen molar-refractivity contribution in [3.05, 3.63) is 35.4 Å². The highest BCUT2D eigenvalue weighted by Crippen LogP contribution is 2.32. The van der Waals surface area contributed by atoms with Crippen molar-refractivity contribution in [3.8, 4) is 0 Å². The quantitative estimate of drug-likeness (QED) is 0.869. The van der Waals surface area contributed by atoms with Gasteiger partial charge in [-0.1, -0.05) is 6.07 Å². The molecule has 110 valence electrons. The van der Waals surface area contributed by atoms with Gasteiger partial charge in [0, 0.05) is 25.6 Å². The third-order valence-corrected chi connectivity index (χ3v) is 3.54. The molecule has 4 nitrogen and oxygen atoms in total. The molecule has 0 fully saturated rings. The summed E-state index contributed by atoms with van der Waals surface area (Å²) in [6.45, 7) is 3.30. The van der Waals surface area contributed by atoms with E-state index in [2.05, 4.69) is 20.4 Å². The van der Waals surface area contributed by atoms with Crippen LogP contribution >= 0.6 is 0 Å². The molecular weight excluding hydrogens is 262 g/mol. The van der Waals surface area contributed by atoms with Crippen LogP contribution in [0.25, 0.3) is 0 Å². The summed E-state index contributed by atoms with van der Waals surface area (Å²) in [5.74, 6) is -1.44. The molecule has 1 aliphatic heterocycles. The van der Waals surface area contributed by atoms with Crippen molar-refractivity contribution in [2.75, 3.05) is 40.3 Å². The van der Waals surface area contributed by atoms with Crippen LogP contribution in [0.1, 0.15) is 11.6 Å². The summed E-state index contributed by atoms with van der Waals surface area (Å²) in [6.07, 6.45) is 0. The van der Waals surface area contributed by atoms with Crippen LogP contribution in [0.15, 0.2) is 28.4 Å². The van der Waals surface area contributed by atoms with E-state index < -0.39 is 11.6 Å². The number of rotatable bonds is 6. The topological polar surface area (TPSA) is 40.0 Å². The molecule has 1 aromatic carbocycles. The van der Waals surface area contributed by atoms with Gasteiger partial charge in [0.15, 0.2) is 11.6 Å². The van der Waals surface area contributed by atoms with E-state index in [0.717, 1.165) is 25.7 Å². The molecule has 0 aliphatic carbocycles. The van der Waals surface area contributed by atoms with Crippen molar-refractivity contribution in [2.45, 2.75) is 6.04 Å².